The average Bonchev–Trinajstić information content (AvgIpc) is 3.04. The summed E-state index contributed by atoms with van der Waals surface area (Å²) in [6, 6.07) is 13.6. The van der Waals surface area contributed by atoms with Crippen molar-refractivity contribution in [2.45, 2.75) is 11.6 Å². The predicted molar refractivity (Wildman–Crippen MR) is 87.7 cm³/mol. The summed E-state index contributed by atoms with van der Waals surface area (Å²) in [6.07, 6.45) is 5.74. The molecule has 0 radical (unpaired) electrons. The van der Waals surface area contributed by atoms with E-state index < -0.39 is 0 Å². The lowest BCUT2D eigenvalue weighted by atomic mass is 10.1. The average molecular weight is 309 g/mol. The van der Waals surface area contributed by atoms with Crippen LogP contribution in [0.15, 0.2) is 66.2 Å². The summed E-state index contributed by atoms with van der Waals surface area (Å²) < 4.78 is 0. The fourth-order valence-electron chi connectivity index (χ4n) is 2.07. The molecule has 110 valence electrons. The number of pyridine rings is 1. The lowest BCUT2D eigenvalue weighted by Gasteiger charge is -2.00. The zero-order valence-electron chi connectivity index (χ0n) is 11.9. The van der Waals surface area contributed by atoms with Crippen LogP contribution in [0.2, 0.25) is 0 Å². The molecule has 4 nitrogen and oxygen atoms in total. The molecule has 3 rings (SSSR count). The number of nitrogens with one attached hydrogen (secondary N) is 1. The summed E-state index contributed by atoms with van der Waals surface area (Å²) in [5, 5.41) is 0.750. The Hall–Kier alpha value is -2.40. The highest BCUT2D eigenvalue weighted by Gasteiger charge is 2.08. The van der Waals surface area contributed by atoms with Gasteiger partial charge in [-0.05, 0) is 17.7 Å². The number of carbonyl (C=O) groups excluding carboxylic acids is 1. The quantitative estimate of drug-likeness (QED) is 0.709. The van der Waals surface area contributed by atoms with Crippen LogP contribution in [0.5, 0.6) is 0 Å². The highest BCUT2D eigenvalue weighted by molar-refractivity contribution is 7.99. The van der Waals surface area contributed by atoms with Gasteiger partial charge in [0.15, 0.2) is 5.16 Å². The van der Waals surface area contributed by atoms with Gasteiger partial charge in [0.25, 0.3) is 0 Å². The maximum atomic E-state index is 12.0. The van der Waals surface area contributed by atoms with Gasteiger partial charge in [-0.3, -0.25) is 9.78 Å². The van der Waals surface area contributed by atoms with E-state index in [1.54, 1.807) is 18.6 Å². The van der Waals surface area contributed by atoms with Gasteiger partial charge in [-0.25, -0.2) is 4.98 Å². The summed E-state index contributed by atoms with van der Waals surface area (Å²) in [4.78, 5) is 23.6. The van der Waals surface area contributed by atoms with Crippen LogP contribution in [0.4, 0.5) is 0 Å². The van der Waals surface area contributed by atoms with Crippen molar-refractivity contribution in [2.75, 3.05) is 5.75 Å². The number of aromatic nitrogens is 3. The molecule has 0 saturated carbocycles. The molecule has 1 aromatic carbocycles. The maximum Gasteiger partial charge on any atom is 0.166 e. The Balaban J connectivity index is 1.56. The van der Waals surface area contributed by atoms with Crippen LogP contribution >= 0.6 is 11.8 Å². The minimum Gasteiger partial charge on any atom is -0.333 e. The Kier molecular flexibility index (Phi) is 4.65. The molecular weight excluding hydrogens is 294 g/mol. The van der Waals surface area contributed by atoms with Crippen LogP contribution in [0, 0.1) is 0 Å². The number of nitrogens with zero attached hydrogens (tertiary/aromatic N) is 2. The molecule has 0 spiro atoms. The van der Waals surface area contributed by atoms with Gasteiger partial charge in [0.2, 0.25) is 0 Å². The van der Waals surface area contributed by atoms with Gasteiger partial charge < -0.3 is 4.98 Å². The van der Waals surface area contributed by atoms with E-state index in [-0.39, 0.29) is 5.78 Å². The van der Waals surface area contributed by atoms with Gasteiger partial charge in [0, 0.05) is 24.4 Å². The SMILES string of the molecule is O=C(CSc1ncc(-c2cccnc2)[nH]1)Cc1ccccc1. The second-order valence-electron chi connectivity index (χ2n) is 4.83. The van der Waals surface area contributed by atoms with Crippen molar-refractivity contribution in [3.05, 3.63) is 66.6 Å². The minimum absolute atomic E-state index is 0.190. The molecular formula is C17H15N3OS. The van der Waals surface area contributed by atoms with E-state index in [9.17, 15) is 4.79 Å². The third-order valence-corrected chi connectivity index (χ3v) is 4.09. The number of hydrogen-bond donors (Lipinski definition) is 1. The molecule has 0 aliphatic carbocycles. The zero-order valence-corrected chi connectivity index (χ0v) is 12.7. The topological polar surface area (TPSA) is 58.6 Å². The van der Waals surface area contributed by atoms with Crippen molar-refractivity contribution >= 4 is 17.5 Å². The van der Waals surface area contributed by atoms with Crippen molar-refractivity contribution in [3.63, 3.8) is 0 Å². The Bertz CT molecular complexity index is 741. The number of ketones is 1. The van der Waals surface area contributed by atoms with E-state index in [1.165, 1.54) is 11.8 Å². The van der Waals surface area contributed by atoms with Crippen molar-refractivity contribution in [3.8, 4) is 11.3 Å². The number of rotatable bonds is 6. The first-order chi connectivity index (χ1) is 10.8. The van der Waals surface area contributed by atoms with Gasteiger partial charge in [-0.2, -0.15) is 0 Å². The molecule has 0 bridgehead atoms. The summed E-state index contributed by atoms with van der Waals surface area (Å²) in [7, 11) is 0. The van der Waals surface area contributed by atoms with E-state index in [4.69, 9.17) is 0 Å². The molecule has 0 aliphatic rings. The molecule has 0 fully saturated rings. The van der Waals surface area contributed by atoms with Crippen LogP contribution < -0.4 is 0 Å². The fraction of sp³-hybridized carbons (Fsp3) is 0.118. The normalized spacial score (nSPS) is 10.5. The van der Waals surface area contributed by atoms with Crippen molar-refractivity contribution in [2.24, 2.45) is 0 Å². The third kappa shape index (κ3) is 3.83. The third-order valence-electron chi connectivity index (χ3n) is 3.14. The molecule has 2 heterocycles. The number of imidazole rings is 1. The standard InChI is InChI=1S/C17H15N3OS/c21-15(9-13-5-2-1-3-6-13)12-22-17-19-11-16(20-17)14-7-4-8-18-10-14/h1-8,10-11H,9,12H2,(H,19,20). The zero-order chi connectivity index (χ0) is 15.2. The molecule has 0 amide bonds. The molecule has 0 saturated heterocycles. The first-order valence-electron chi connectivity index (χ1n) is 6.95. The van der Waals surface area contributed by atoms with Crippen LogP contribution in [-0.2, 0) is 11.2 Å². The smallest absolute Gasteiger partial charge is 0.166 e. The van der Waals surface area contributed by atoms with Gasteiger partial charge in [0.05, 0.1) is 17.6 Å². The summed E-state index contributed by atoms with van der Waals surface area (Å²) in [5.41, 5.74) is 2.94. The lowest BCUT2D eigenvalue weighted by molar-refractivity contribution is -0.116. The predicted octanol–water partition coefficient (Wildman–Crippen LogP) is 3.38. The molecule has 2 aromatic heterocycles. The van der Waals surface area contributed by atoms with Crippen LogP contribution in [0.25, 0.3) is 11.3 Å². The maximum absolute atomic E-state index is 12.0. The molecule has 5 heteroatoms. The Labute approximate surface area is 133 Å². The van der Waals surface area contributed by atoms with Gasteiger partial charge in [0.1, 0.15) is 5.78 Å². The number of benzene rings is 1. The number of hydrogen-bond acceptors (Lipinski definition) is 4. The molecule has 1 N–H and O–H groups in total. The summed E-state index contributed by atoms with van der Waals surface area (Å²) in [6.45, 7) is 0. The Morgan fingerprint density at radius 3 is 2.73 bits per heavy atom. The van der Waals surface area contributed by atoms with Crippen molar-refractivity contribution < 1.29 is 4.79 Å². The molecule has 0 atom stereocenters. The van der Waals surface area contributed by atoms with Crippen LogP contribution in [0.1, 0.15) is 5.56 Å². The fourth-order valence-corrected chi connectivity index (χ4v) is 2.78. The van der Waals surface area contributed by atoms with Gasteiger partial charge >= 0.3 is 0 Å². The van der Waals surface area contributed by atoms with E-state index in [0.29, 0.717) is 12.2 Å². The molecule has 0 unspecified atom stereocenters. The molecule has 22 heavy (non-hydrogen) atoms. The first-order valence-corrected chi connectivity index (χ1v) is 7.93. The highest BCUT2D eigenvalue weighted by atomic mass is 32.2. The number of thioether (sulfide) groups is 1. The first kappa shape index (κ1) is 14.5. The number of aromatic amines is 1. The van der Waals surface area contributed by atoms with E-state index in [0.717, 1.165) is 22.0 Å². The molecule has 0 aliphatic heterocycles. The number of Topliss-reactive ketones (excluding diaryl/α,β-unsaturated/α-hetero) is 1. The summed E-state index contributed by atoms with van der Waals surface area (Å²) in [5.74, 6) is 0.602. The number of H-pyrrole nitrogens is 1. The van der Waals surface area contributed by atoms with Crippen molar-refractivity contribution in [1.82, 2.24) is 15.0 Å². The number of carbonyl (C=O) groups is 1. The van der Waals surface area contributed by atoms with E-state index in [1.807, 2.05) is 42.5 Å². The second kappa shape index (κ2) is 7.04. The second-order valence-corrected chi connectivity index (χ2v) is 5.80. The minimum atomic E-state index is 0.190. The van der Waals surface area contributed by atoms with Crippen LogP contribution in [-0.4, -0.2) is 26.5 Å². The monoisotopic (exact) mass is 309 g/mol. The largest absolute Gasteiger partial charge is 0.333 e. The van der Waals surface area contributed by atoms with Crippen LogP contribution in [0.3, 0.4) is 0 Å². The highest BCUT2D eigenvalue weighted by Crippen LogP contribution is 2.20. The van der Waals surface area contributed by atoms with E-state index in [2.05, 4.69) is 15.0 Å². The molecule has 3 aromatic rings. The lowest BCUT2D eigenvalue weighted by Crippen LogP contribution is -2.05. The van der Waals surface area contributed by atoms with Gasteiger partial charge in [-0.1, -0.05) is 42.1 Å². The van der Waals surface area contributed by atoms with E-state index >= 15 is 0 Å². The summed E-state index contributed by atoms with van der Waals surface area (Å²) >= 11 is 1.43. The Morgan fingerprint density at radius 1 is 1.09 bits per heavy atom. The van der Waals surface area contributed by atoms with Gasteiger partial charge in [-0.15, -0.1) is 0 Å². The Morgan fingerprint density at radius 2 is 1.95 bits per heavy atom. The van der Waals surface area contributed by atoms with Crippen molar-refractivity contribution in [1.29, 1.82) is 0 Å².